The van der Waals surface area contributed by atoms with Crippen molar-refractivity contribution in [2.75, 3.05) is 13.1 Å². The molecule has 0 saturated carbocycles. The van der Waals surface area contributed by atoms with E-state index in [2.05, 4.69) is 11.7 Å². The van der Waals surface area contributed by atoms with Crippen molar-refractivity contribution in [1.82, 2.24) is 4.90 Å². The summed E-state index contributed by atoms with van der Waals surface area (Å²) in [6.45, 7) is 3.99. The molecule has 1 aliphatic heterocycles. The van der Waals surface area contributed by atoms with Crippen LogP contribution in [0.4, 0.5) is 8.78 Å². The molecule has 0 bridgehead atoms. The topological polar surface area (TPSA) is 27.0 Å². The van der Waals surface area contributed by atoms with Gasteiger partial charge in [0.15, 0.2) is 0 Å². The first-order valence-electron chi connectivity index (χ1n) is 4.64. The maximum absolute atomic E-state index is 13.1. The minimum atomic E-state index is -2.72. The van der Waals surface area contributed by atoms with Crippen LogP contribution in [-0.4, -0.2) is 34.7 Å². The molecule has 86 valence electrons. The fraction of sp³-hybridized carbons (Fsp3) is 0.889. The van der Waals surface area contributed by atoms with Crippen LogP contribution in [0.5, 0.6) is 0 Å². The zero-order valence-corrected chi connectivity index (χ0v) is 10.4. The van der Waals surface area contributed by atoms with Gasteiger partial charge in [0.2, 0.25) is 0 Å². The molecule has 0 N–H and O–H groups in total. The van der Waals surface area contributed by atoms with Gasteiger partial charge in [-0.05, 0) is 13.8 Å². The fourth-order valence-electron chi connectivity index (χ4n) is 1.70. The van der Waals surface area contributed by atoms with Gasteiger partial charge in [0.25, 0.3) is 5.92 Å². The number of hydrogen-bond acceptors (Lipinski definition) is 4. The summed E-state index contributed by atoms with van der Waals surface area (Å²) in [6.07, 6.45) is -0.350. The molecule has 1 atom stereocenters. The van der Waals surface area contributed by atoms with Crippen LogP contribution in [0.25, 0.3) is 0 Å². The third kappa shape index (κ3) is 3.51. The van der Waals surface area contributed by atoms with Crippen molar-refractivity contribution in [3.05, 3.63) is 0 Å². The first kappa shape index (κ1) is 13.1. The highest BCUT2D eigenvalue weighted by Crippen LogP contribution is 2.36. The molecular formula is C9H14F2N2S2. The lowest BCUT2D eigenvalue weighted by Gasteiger charge is -2.29. The second-order valence-corrected chi connectivity index (χ2v) is 6.30. The second kappa shape index (κ2) is 4.48. The smallest absolute Gasteiger partial charge is 0.263 e. The molecule has 2 nitrogen and oxygen atoms in total. The summed E-state index contributed by atoms with van der Waals surface area (Å²) in [7, 11) is 1.33. The summed E-state index contributed by atoms with van der Waals surface area (Å²) in [5, 5.41) is 8.79. The lowest BCUT2D eigenvalue weighted by molar-refractivity contribution is 0.0116. The van der Waals surface area contributed by atoms with E-state index in [9.17, 15) is 8.78 Å². The molecule has 0 spiro atoms. The monoisotopic (exact) mass is 252 g/mol. The average molecular weight is 252 g/mol. The van der Waals surface area contributed by atoms with Crippen LogP contribution in [0.3, 0.4) is 0 Å². The summed E-state index contributed by atoms with van der Waals surface area (Å²) in [6, 6.07) is 1.26. The van der Waals surface area contributed by atoms with Gasteiger partial charge in [-0.1, -0.05) is 10.8 Å². The molecular weight excluding hydrogens is 238 g/mol. The van der Waals surface area contributed by atoms with Gasteiger partial charge in [0.05, 0.1) is 12.6 Å². The van der Waals surface area contributed by atoms with Gasteiger partial charge in [-0.2, -0.15) is 5.26 Å². The Kier molecular flexibility index (Phi) is 3.90. The summed E-state index contributed by atoms with van der Waals surface area (Å²) in [5.74, 6) is -2.72. The number of rotatable bonds is 3. The maximum Gasteiger partial charge on any atom is 0.263 e. The largest absolute Gasteiger partial charge is 0.280 e. The van der Waals surface area contributed by atoms with Crippen LogP contribution in [0.2, 0.25) is 0 Å². The van der Waals surface area contributed by atoms with Gasteiger partial charge in [0, 0.05) is 17.7 Å². The zero-order valence-electron chi connectivity index (χ0n) is 8.70. The molecule has 6 heteroatoms. The number of alkyl halides is 2. The van der Waals surface area contributed by atoms with E-state index in [0.29, 0.717) is 6.54 Å². The molecule has 15 heavy (non-hydrogen) atoms. The summed E-state index contributed by atoms with van der Waals surface area (Å²) in [5.41, 5.74) is 0. The third-order valence-corrected chi connectivity index (χ3v) is 4.45. The average Bonchev–Trinajstić information content (AvgIpc) is 2.40. The van der Waals surface area contributed by atoms with Crippen LogP contribution in [0.15, 0.2) is 0 Å². The molecule has 1 heterocycles. The first-order valence-corrected chi connectivity index (χ1v) is 6.51. The lowest BCUT2D eigenvalue weighted by Crippen LogP contribution is -2.39. The summed E-state index contributed by atoms with van der Waals surface area (Å²) in [4.78, 5) is 1.54. The van der Waals surface area contributed by atoms with Crippen molar-refractivity contribution in [3.8, 4) is 6.07 Å². The number of nitrogens with zero attached hydrogens (tertiary/aromatic N) is 2. The summed E-state index contributed by atoms with van der Waals surface area (Å²) >= 11 is 4.10. The van der Waals surface area contributed by atoms with E-state index in [1.807, 2.05) is 19.9 Å². The van der Waals surface area contributed by atoms with Crippen molar-refractivity contribution in [3.63, 3.8) is 0 Å². The molecule has 0 aromatic heterocycles. The summed E-state index contributed by atoms with van der Waals surface area (Å²) < 4.78 is 26.0. The Bertz CT molecular complexity index is 276. The fourth-order valence-corrected chi connectivity index (χ4v) is 2.09. The highest BCUT2D eigenvalue weighted by atomic mass is 33.1. The molecule has 1 fully saturated rings. The van der Waals surface area contributed by atoms with E-state index >= 15 is 0 Å². The quantitative estimate of drug-likeness (QED) is 0.618. The minimum absolute atomic E-state index is 0.224. The van der Waals surface area contributed by atoms with Gasteiger partial charge >= 0.3 is 0 Å². The maximum atomic E-state index is 13.1. The van der Waals surface area contributed by atoms with E-state index in [1.54, 1.807) is 4.90 Å². The van der Waals surface area contributed by atoms with Crippen molar-refractivity contribution >= 4 is 22.5 Å². The highest BCUT2D eigenvalue weighted by Gasteiger charge is 2.46. The third-order valence-electron chi connectivity index (χ3n) is 2.35. The van der Waals surface area contributed by atoms with Crippen LogP contribution in [0.1, 0.15) is 20.3 Å². The van der Waals surface area contributed by atoms with Gasteiger partial charge in [-0.15, -0.1) is 11.7 Å². The Morgan fingerprint density at radius 2 is 2.27 bits per heavy atom. The Balaban J connectivity index is 2.67. The van der Waals surface area contributed by atoms with E-state index in [4.69, 9.17) is 5.26 Å². The van der Waals surface area contributed by atoms with Crippen molar-refractivity contribution < 1.29 is 8.78 Å². The molecule has 0 radical (unpaired) electrons. The number of nitriles is 1. The van der Waals surface area contributed by atoms with Crippen molar-refractivity contribution in [1.29, 1.82) is 5.26 Å². The molecule has 0 aromatic carbocycles. The number of halogens is 2. The Morgan fingerprint density at radius 1 is 1.67 bits per heavy atom. The van der Waals surface area contributed by atoms with E-state index in [1.165, 1.54) is 10.8 Å². The Hall–Kier alpha value is 0.0100. The number of likely N-dealkylation sites (tertiary alicyclic amines) is 1. The SMILES string of the molecule is CC(C)(CN1CC(F)(F)C[C@H]1C#N)SS. The second-order valence-electron chi connectivity index (χ2n) is 4.46. The van der Waals surface area contributed by atoms with Crippen LogP contribution in [0, 0.1) is 11.3 Å². The van der Waals surface area contributed by atoms with Crippen LogP contribution >= 0.6 is 22.5 Å². The highest BCUT2D eigenvalue weighted by molar-refractivity contribution is 8.69. The standard InChI is InChI=1S/C9H14F2N2S2/c1-8(2,15-14)5-13-6-9(10,11)3-7(13)4-12/h7,14H,3,5-6H2,1-2H3/t7-/m0/s1. The Labute approximate surface area is 97.8 Å². The van der Waals surface area contributed by atoms with E-state index < -0.39 is 12.0 Å². The molecule has 0 aliphatic carbocycles. The molecule has 1 rings (SSSR count). The van der Waals surface area contributed by atoms with E-state index in [-0.39, 0.29) is 17.7 Å². The minimum Gasteiger partial charge on any atom is -0.280 e. The normalized spacial score (nSPS) is 26.5. The predicted octanol–water partition coefficient (Wildman–Crippen LogP) is 2.58. The molecule has 0 amide bonds. The number of thiol groups is 1. The van der Waals surface area contributed by atoms with Crippen molar-refractivity contribution in [2.45, 2.75) is 37.0 Å². The van der Waals surface area contributed by atoms with Gasteiger partial charge < -0.3 is 0 Å². The van der Waals surface area contributed by atoms with Crippen LogP contribution < -0.4 is 0 Å². The van der Waals surface area contributed by atoms with Crippen molar-refractivity contribution in [2.24, 2.45) is 0 Å². The Morgan fingerprint density at radius 3 is 2.73 bits per heavy atom. The first-order chi connectivity index (χ1) is 6.79. The molecule has 1 aliphatic rings. The van der Waals surface area contributed by atoms with Gasteiger partial charge in [-0.25, -0.2) is 8.78 Å². The zero-order chi connectivity index (χ0) is 11.7. The lowest BCUT2D eigenvalue weighted by atomic mass is 10.1. The van der Waals surface area contributed by atoms with Gasteiger partial charge in [-0.3, -0.25) is 4.90 Å². The molecule has 0 aromatic rings. The molecule has 0 unspecified atom stereocenters. The van der Waals surface area contributed by atoms with Gasteiger partial charge in [0.1, 0.15) is 6.04 Å². The molecule has 1 saturated heterocycles. The predicted molar refractivity (Wildman–Crippen MR) is 61.2 cm³/mol. The van der Waals surface area contributed by atoms with E-state index in [0.717, 1.165) is 0 Å². The number of hydrogen-bond donors (Lipinski definition) is 1. The van der Waals surface area contributed by atoms with Crippen LogP contribution in [-0.2, 0) is 0 Å².